The van der Waals surface area contributed by atoms with E-state index >= 15 is 0 Å². The number of aliphatic hydroxyl groups excluding tert-OH is 1. The van der Waals surface area contributed by atoms with Gasteiger partial charge in [-0.05, 0) is 32.1 Å². The number of allylic oxidation sites excluding steroid dienone is 3. The van der Waals surface area contributed by atoms with Crippen LogP contribution in [0.3, 0.4) is 0 Å². The molecule has 0 spiro atoms. The first-order valence-electron chi connectivity index (χ1n) is 33.2. The summed E-state index contributed by atoms with van der Waals surface area (Å²) < 4.78 is 23.7. The molecule has 3 N–H and O–H groups in total. The number of phosphoric acid groups is 1. The normalized spacial score (nSPS) is 13.9. The van der Waals surface area contributed by atoms with Gasteiger partial charge in [-0.2, -0.15) is 0 Å². The molecule has 0 aliphatic heterocycles. The molecule has 0 saturated heterocycles. The quantitative estimate of drug-likeness (QED) is 0.0243. The Morgan fingerprint density at radius 1 is 0.440 bits per heavy atom. The van der Waals surface area contributed by atoms with Crippen LogP contribution in [-0.4, -0.2) is 73.4 Å². The van der Waals surface area contributed by atoms with Crippen LogP contribution < -0.4 is 5.32 Å². The molecule has 0 aliphatic carbocycles. The van der Waals surface area contributed by atoms with Gasteiger partial charge in [0.1, 0.15) is 13.2 Å². The van der Waals surface area contributed by atoms with Crippen LogP contribution in [0.15, 0.2) is 24.3 Å². The number of likely N-dealkylation sites (N-methyl/N-ethyl adjacent to an activating group) is 1. The Balaban J connectivity index is 3.92. The van der Waals surface area contributed by atoms with E-state index in [1.54, 1.807) is 6.08 Å². The van der Waals surface area contributed by atoms with Crippen LogP contribution in [-0.2, 0) is 18.4 Å². The van der Waals surface area contributed by atoms with E-state index in [-0.39, 0.29) is 19.1 Å². The van der Waals surface area contributed by atoms with Crippen molar-refractivity contribution in [3.63, 3.8) is 0 Å². The van der Waals surface area contributed by atoms with E-state index in [9.17, 15) is 19.4 Å². The molecule has 0 bridgehead atoms. The molecule has 0 aliphatic rings. The first-order chi connectivity index (χ1) is 36.5. The highest BCUT2D eigenvalue weighted by Crippen LogP contribution is 2.43. The molecule has 9 heteroatoms. The van der Waals surface area contributed by atoms with E-state index in [0.29, 0.717) is 17.4 Å². The standard InChI is InChI=1S/C66H131N2O6P/c1-6-8-10-12-14-16-18-20-22-24-25-26-27-28-29-30-31-32-33-34-35-36-37-38-39-40-41-42-43-44-46-48-50-52-54-56-58-60-66(70)67-64(63-74-75(71,72)73-62-61-68(3,4)5)65(69)59-57-55-53-51-49-47-45-23-21-19-17-15-13-11-9-7-2/h49,51,57,59,64-65,69H,6-48,50,52-56,58,60-63H2,1-5H3,(H-,67,70,71,72)/p+1/b51-49+,59-57+. The summed E-state index contributed by atoms with van der Waals surface area (Å²) in [6.07, 6.45) is 74.8. The molecule has 0 saturated carbocycles. The second-order valence-electron chi connectivity index (χ2n) is 24.2. The van der Waals surface area contributed by atoms with Crippen molar-refractivity contribution in [1.82, 2.24) is 5.32 Å². The molecule has 0 fully saturated rings. The number of carbonyl (C=O) groups excluding carboxylic acids is 1. The van der Waals surface area contributed by atoms with E-state index in [1.165, 1.54) is 283 Å². The number of hydrogen-bond donors (Lipinski definition) is 3. The van der Waals surface area contributed by atoms with Crippen LogP contribution in [0.2, 0.25) is 0 Å². The molecule has 0 heterocycles. The molecular weight excluding hydrogens is 948 g/mol. The predicted octanol–water partition coefficient (Wildman–Crippen LogP) is 20.7. The molecule has 0 radical (unpaired) electrons. The maximum absolute atomic E-state index is 13.0. The van der Waals surface area contributed by atoms with Crippen LogP contribution in [0.5, 0.6) is 0 Å². The van der Waals surface area contributed by atoms with E-state index in [0.717, 1.165) is 38.5 Å². The summed E-state index contributed by atoms with van der Waals surface area (Å²) in [7, 11) is 1.57. The number of rotatable bonds is 62. The molecule has 1 amide bonds. The number of nitrogens with zero attached hydrogens (tertiary/aromatic N) is 1. The topological polar surface area (TPSA) is 105 Å². The Morgan fingerprint density at radius 2 is 0.733 bits per heavy atom. The Kier molecular flexibility index (Phi) is 56.9. The van der Waals surface area contributed by atoms with E-state index in [4.69, 9.17) is 9.05 Å². The number of carbonyl (C=O) groups is 1. The van der Waals surface area contributed by atoms with Crippen molar-refractivity contribution in [2.45, 2.75) is 353 Å². The van der Waals surface area contributed by atoms with Gasteiger partial charge in [0.15, 0.2) is 0 Å². The van der Waals surface area contributed by atoms with Crippen molar-refractivity contribution in [1.29, 1.82) is 0 Å². The van der Waals surface area contributed by atoms with Crippen molar-refractivity contribution in [2.24, 2.45) is 0 Å². The summed E-state index contributed by atoms with van der Waals surface area (Å²) >= 11 is 0. The zero-order valence-electron chi connectivity index (χ0n) is 51.1. The number of hydrogen-bond acceptors (Lipinski definition) is 5. The lowest BCUT2D eigenvalue weighted by Crippen LogP contribution is -2.45. The highest BCUT2D eigenvalue weighted by molar-refractivity contribution is 7.47. The number of quaternary nitrogens is 1. The van der Waals surface area contributed by atoms with Gasteiger partial charge in [0.25, 0.3) is 0 Å². The van der Waals surface area contributed by atoms with Gasteiger partial charge in [0, 0.05) is 6.42 Å². The molecular formula is C66H132N2O6P+. The van der Waals surface area contributed by atoms with Crippen molar-refractivity contribution in [3.8, 4) is 0 Å². The van der Waals surface area contributed by atoms with Gasteiger partial charge in [-0.3, -0.25) is 13.8 Å². The van der Waals surface area contributed by atoms with Crippen LogP contribution in [0.25, 0.3) is 0 Å². The van der Waals surface area contributed by atoms with Gasteiger partial charge in [0.2, 0.25) is 5.91 Å². The van der Waals surface area contributed by atoms with Crippen molar-refractivity contribution < 1.29 is 32.9 Å². The van der Waals surface area contributed by atoms with Crippen LogP contribution >= 0.6 is 7.82 Å². The largest absolute Gasteiger partial charge is 0.472 e. The van der Waals surface area contributed by atoms with Gasteiger partial charge in [0.05, 0.1) is 39.9 Å². The van der Waals surface area contributed by atoms with E-state index in [2.05, 4.69) is 31.3 Å². The fourth-order valence-electron chi connectivity index (χ4n) is 10.2. The Hall–Kier alpha value is -1.02. The number of phosphoric ester groups is 1. The molecule has 3 unspecified atom stereocenters. The maximum atomic E-state index is 13.0. The molecule has 3 atom stereocenters. The second-order valence-corrected chi connectivity index (χ2v) is 25.7. The SMILES string of the molecule is CCCCCCCCCCCC/C=C/CC/C=C/C(O)C(COP(=O)(O)OCC[N+](C)(C)C)NC(=O)CCCCCCCCCCCCCCCCCCCCCCCCCCCCCCCCCCCCCCC. The zero-order chi connectivity index (χ0) is 54.9. The summed E-state index contributed by atoms with van der Waals surface area (Å²) in [5.74, 6) is -0.180. The minimum absolute atomic E-state index is 0.0588. The Bertz CT molecular complexity index is 1270. The van der Waals surface area contributed by atoms with Gasteiger partial charge >= 0.3 is 7.82 Å². The lowest BCUT2D eigenvalue weighted by molar-refractivity contribution is -0.870. The van der Waals surface area contributed by atoms with Gasteiger partial charge in [-0.25, -0.2) is 4.57 Å². The highest BCUT2D eigenvalue weighted by Gasteiger charge is 2.28. The number of unbranched alkanes of at least 4 members (excludes halogenated alkanes) is 47. The summed E-state index contributed by atoms with van der Waals surface area (Å²) in [6.45, 7) is 4.84. The molecule has 0 aromatic heterocycles. The summed E-state index contributed by atoms with van der Waals surface area (Å²) in [6, 6.07) is -0.860. The van der Waals surface area contributed by atoms with Crippen molar-refractivity contribution in [3.05, 3.63) is 24.3 Å². The zero-order valence-corrected chi connectivity index (χ0v) is 52.0. The van der Waals surface area contributed by atoms with E-state index in [1.807, 2.05) is 27.2 Å². The van der Waals surface area contributed by atoms with Crippen molar-refractivity contribution in [2.75, 3.05) is 40.9 Å². The van der Waals surface area contributed by atoms with Crippen LogP contribution in [0, 0.1) is 0 Å². The third-order valence-corrected chi connectivity index (χ3v) is 16.4. The number of aliphatic hydroxyl groups is 1. The monoisotopic (exact) mass is 1080 g/mol. The average molecular weight is 1080 g/mol. The van der Waals surface area contributed by atoms with Crippen LogP contribution in [0.1, 0.15) is 341 Å². The fourth-order valence-corrected chi connectivity index (χ4v) is 11.0. The fraction of sp³-hybridized carbons (Fsp3) is 0.924. The Morgan fingerprint density at radius 3 is 1.07 bits per heavy atom. The maximum Gasteiger partial charge on any atom is 0.472 e. The van der Waals surface area contributed by atoms with Crippen LogP contribution in [0.4, 0.5) is 0 Å². The van der Waals surface area contributed by atoms with E-state index < -0.39 is 20.0 Å². The molecule has 446 valence electrons. The Labute approximate surface area is 468 Å². The first-order valence-corrected chi connectivity index (χ1v) is 34.7. The van der Waals surface area contributed by atoms with Gasteiger partial charge in [-0.1, -0.05) is 327 Å². The molecule has 0 rings (SSSR count). The molecule has 0 aromatic rings. The molecule has 8 nitrogen and oxygen atoms in total. The number of amides is 1. The minimum Gasteiger partial charge on any atom is -0.387 e. The summed E-state index contributed by atoms with van der Waals surface area (Å²) in [5.41, 5.74) is 0. The lowest BCUT2D eigenvalue weighted by atomic mass is 10.0. The molecule has 0 aromatic carbocycles. The average Bonchev–Trinajstić information content (AvgIpc) is 3.37. The third kappa shape index (κ3) is 60.5. The smallest absolute Gasteiger partial charge is 0.387 e. The summed E-state index contributed by atoms with van der Waals surface area (Å²) in [5, 5.41) is 13.9. The number of nitrogens with one attached hydrogen (secondary N) is 1. The van der Waals surface area contributed by atoms with Gasteiger partial charge < -0.3 is 19.8 Å². The second kappa shape index (κ2) is 57.7. The molecule has 75 heavy (non-hydrogen) atoms. The highest BCUT2D eigenvalue weighted by atomic mass is 31.2. The van der Waals surface area contributed by atoms with Crippen molar-refractivity contribution >= 4 is 13.7 Å². The van der Waals surface area contributed by atoms with Gasteiger partial charge in [-0.15, -0.1) is 0 Å². The first kappa shape index (κ1) is 74.0. The third-order valence-electron chi connectivity index (χ3n) is 15.4. The lowest BCUT2D eigenvalue weighted by Gasteiger charge is -2.25. The summed E-state index contributed by atoms with van der Waals surface area (Å²) in [4.78, 5) is 23.3. The predicted molar refractivity (Wildman–Crippen MR) is 328 cm³/mol. The minimum atomic E-state index is -4.35.